The van der Waals surface area contributed by atoms with Gasteiger partial charge in [0.05, 0.1) is 12.7 Å². The van der Waals surface area contributed by atoms with Gasteiger partial charge in [0.2, 0.25) is 5.91 Å². The molecule has 3 nitrogen and oxygen atoms in total. The molecular weight excluding hydrogens is 238 g/mol. The summed E-state index contributed by atoms with van der Waals surface area (Å²) in [5, 5.41) is 0. The van der Waals surface area contributed by atoms with Crippen LogP contribution in [0.1, 0.15) is 30.4 Å². The Bertz CT molecular complexity index is 468. The second kappa shape index (κ2) is 5.33. The van der Waals surface area contributed by atoms with Gasteiger partial charge in [-0.05, 0) is 24.0 Å². The fraction of sp³-hybridized carbons (Fsp3) is 0.562. The second-order valence-corrected chi connectivity index (χ2v) is 5.75. The van der Waals surface area contributed by atoms with Crippen LogP contribution in [0.15, 0.2) is 24.3 Å². The number of likely N-dealkylation sites (N-methyl/N-ethyl adjacent to an activating group) is 1. The Hall–Kier alpha value is -1.35. The van der Waals surface area contributed by atoms with Crippen LogP contribution in [0.2, 0.25) is 0 Å². The molecular formula is C16H21NO2. The van der Waals surface area contributed by atoms with E-state index in [1.54, 1.807) is 0 Å². The van der Waals surface area contributed by atoms with E-state index in [2.05, 4.69) is 24.3 Å². The first-order valence-electron chi connectivity index (χ1n) is 7.17. The molecule has 0 spiro atoms. The van der Waals surface area contributed by atoms with Crippen molar-refractivity contribution in [3.8, 4) is 0 Å². The van der Waals surface area contributed by atoms with Crippen molar-refractivity contribution >= 4 is 5.91 Å². The number of benzene rings is 1. The first-order valence-corrected chi connectivity index (χ1v) is 7.17. The third-order valence-electron chi connectivity index (χ3n) is 4.35. The molecule has 1 atom stereocenters. The van der Waals surface area contributed by atoms with Crippen LogP contribution in [0.25, 0.3) is 0 Å². The van der Waals surface area contributed by atoms with Gasteiger partial charge < -0.3 is 9.64 Å². The zero-order valence-corrected chi connectivity index (χ0v) is 11.5. The van der Waals surface area contributed by atoms with Crippen LogP contribution in [0, 0.1) is 5.92 Å². The van der Waals surface area contributed by atoms with E-state index >= 15 is 0 Å². The highest BCUT2D eigenvalue weighted by Gasteiger charge is 2.29. The van der Waals surface area contributed by atoms with Gasteiger partial charge in [-0.1, -0.05) is 30.7 Å². The quantitative estimate of drug-likeness (QED) is 0.834. The molecule has 0 saturated heterocycles. The topological polar surface area (TPSA) is 29.5 Å². The minimum atomic E-state index is 0.143. The van der Waals surface area contributed by atoms with Crippen molar-refractivity contribution in [2.45, 2.75) is 38.4 Å². The van der Waals surface area contributed by atoms with E-state index < -0.39 is 0 Å². The lowest BCUT2D eigenvalue weighted by Crippen LogP contribution is -2.42. The molecule has 3 heteroatoms. The van der Waals surface area contributed by atoms with E-state index in [4.69, 9.17) is 4.74 Å². The Morgan fingerprint density at radius 2 is 2.05 bits per heavy atom. The van der Waals surface area contributed by atoms with Crippen LogP contribution < -0.4 is 0 Å². The maximum Gasteiger partial charge on any atom is 0.225 e. The van der Waals surface area contributed by atoms with Crippen LogP contribution in [0.5, 0.6) is 0 Å². The summed E-state index contributed by atoms with van der Waals surface area (Å²) >= 11 is 0. The van der Waals surface area contributed by atoms with Gasteiger partial charge in [-0.2, -0.15) is 0 Å². The Morgan fingerprint density at radius 1 is 1.32 bits per heavy atom. The third kappa shape index (κ3) is 2.66. The first kappa shape index (κ1) is 12.7. The predicted molar refractivity (Wildman–Crippen MR) is 73.7 cm³/mol. The number of hydrogen-bond donors (Lipinski definition) is 0. The molecule has 102 valence electrons. The minimum Gasteiger partial charge on any atom is -0.371 e. The molecule has 1 aliphatic carbocycles. The van der Waals surface area contributed by atoms with Gasteiger partial charge in [0.15, 0.2) is 0 Å². The molecule has 1 amide bonds. The van der Waals surface area contributed by atoms with Crippen molar-refractivity contribution in [1.29, 1.82) is 0 Å². The summed E-state index contributed by atoms with van der Waals surface area (Å²) in [6, 6.07) is 8.41. The summed E-state index contributed by atoms with van der Waals surface area (Å²) in [6.07, 6.45) is 4.40. The molecule has 1 unspecified atom stereocenters. The van der Waals surface area contributed by atoms with Gasteiger partial charge in [-0.3, -0.25) is 4.79 Å². The highest BCUT2D eigenvalue weighted by atomic mass is 16.5. The molecule has 1 heterocycles. The normalized spacial score (nSPS) is 22.5. The van der Waals surface area contributed by atoms with E-state index in [-0.39, 0.29) is 12.0 Å². The van der Waals surface area contributed by atoms with E-state index in [9.17, 15) is 4.79 Å². The van der Waals surface area contributed by atoms with E-state index in [1.807, 2.05) is 11.9 Å². The van der Waals surface area contributed by atoms with E-state index in [1.165, 1.54) is 17.5 Å². The van der Waals surface area contributed by atoms with Crippen molar-refractivity contribution < 1.29 is 9.53 Å². The highest BCUT2D eigenvalue weighted by molar-refractivity contribution is 5.79. The smallest absolute Gasteiger partial charge is 0.225 e. The van der Waals surface area contributed by atoms with Crippen LogP contribution in [-0.2, 0) is 22.6 Å². The third-order valence-corrected chi connectivity index (χ3v) is 4.35. The maximum absolute atomic E-state index is 12.1. The SMILES string of the molecule is CN(CC1Cc2ccccc2CO1)C(=O)C1CCC1. The fourth-order valence-electron chi connectivity index (χ4n) is 2.89. The molecule has 1 fully saturated rings. The highest BCUT2D eigenvalue weighted by Crippen LogP contribution is 2.28. The Morgan fingerprint density at radius 3 is 2.74 bits per heavy atom. The van der Waals surface area contributed by atoms with Gasteiger partial charge in [0, 0.05) is 25.9 Å². The fourth-order valence-corrected chi connectivity index (χ4v) is 2.89. The summed E-state index contributed by atoms with van der Waals surface area (Å²) in [4.78, 5) is 14.0. The Kier molecular flexibility index (Phi) is 3.56. The molecule has 1 aromatic carbocycles. The van der Waals surface area contributed by atoms with Gasteiger partial charge in [-0.25, -0.2) is 0 Å². The molecule has 3 rings (SSSR count). The summed E-state index contributed by atoms with van der Waals surface area (Å²) < 4.78 is 5.86. The summed E-state index contributed by atoms with van der Waals surface area (Å²) in [5.41, 5.74) is 2.65. The zero-order valence-electron chi connectivity index (χ0n) is 11.5. The molecule has 0 N–H and O–H groups in total. The Balaban J connectivity index is 1.58. The number of hydrogen-bond acceptors (Lipinski definition) is 2. The van der Waals surface area contributed by atoms with Gasteiger partial charge in [0.1, 0.15) is 0 Å². The molecule has 1 aliphatic heterocycles. The zero-order chi connectivity index (χ0) is 13.2. The number of carbonyl (C=O) groups is 1. The average Bonchev–Trinajstić information content (AvgIpc) is 2.36. The van der Waals surface area contributed by atoms with Crippen LogP contribution in [0.3, 0.4) is 0 Å². The predicted octanol–water partition coefficient (Wildman–Crippen LogP) is 2.39. The standard InChI is InChI=1S/C16H21NO2/c1-17(16(18)12-7-4-8-12)10-15-9-13-5-2-3-6-14(13)11-19-15/h2-3,5-6,12,15H,4,7-11H2,1H3. The summed E-state index contributed by atoms with van der Waals surface area (Å²) in [5.74, 6) is 0.578. The Labute approximate surface area is 114 Å². The van der Waals surface area contributed by atoms with Crippen molar-refractivity contribution in [3.63, 3.8) is 0 Å². The first-order chi connectivity index (χ1) is 9.24. The van der Waals surface area contributed by atoms with Gasteiger partial charge in [-0.15, -0.1) is 0 Å². The lowest BCUT2D eigenvalue weighted by molar-refractivity contribution is -0.139. The maximum atomic E-state index is 12.1. The number of nitrogens with zero attached hydrogens (tertiary/aromatic N) is 1. The summed E-state index contributed by atoms with van der Waals surface area (Å²) in [7, 11) is 1.91. The number of ether oxygens (including phenoxy) is 1. The number of rotatable bonds is 3. The molecule has 1 saturated carbocycles. The lowest BCUT2D eigenvalue weighted by atomic mass is 9.84. The average molecular weight is 259 g/mol. The van der Waals surface area contributed by atoms with Crippen LogP contribution in [0.4, 0.5) is 0 Å². The van der Waals surface area contributed by atoms with Crippen LogP contribution in [-0.4, -0.2) is 30.5 Å². The molecule has 0 aromatic heterocycles. The molecule has 1 aromatic rings. The van der Waals surface area contributed by atoms with E-state index in [0.29, 0.717) is 19.1 Å². The molecule has 19 heavy (non-hydrogen) atoms. The van der Waals surface area contributed by atoms with Crippen LogP contribution >= 0.6 is 0 Å². The second-order valence-electron chi connectivity index (χ2n) is 5.75. The van der Waals surface area contributed by atoms with Crippen molar-refractivity contribution in [1.82, 2.24) is 4.90 Å². The number of carbonyl (C=O) groups excluding carboxylic acids is 1. The van der Waals surface area contributed by atoms with Crippen molar-refractivity contribution in [2.24, 2.45) is 5.92 Å². The van der Waals surface area contributed by atoms with Crippen molar-refractivity contribution in [2.75, 3.05) is 13.6 Å². The number of fused-ring (bicyclic) bond motifs is 1. The molecule has 0 radical (unpaired) electrons. The monoisotopic (exact) mass is 259 g/mol. The minimum absolute atomic E-state index is 0.143. The van der Waals surface area contributed by atoms with Gasteiger partial charge in [0.25, 0.3) is 0 Å². The molecule has 0 bridgehead atoms. The van der Waals surface area contributed by atoms with Crippen molar-refractivity contribution in [3.05, 3.63) is 35.4 Å². The number of amides is 1. The largest absolute Gasteiger partial charge is 0.371 e. The lowest BCUT2D eigenvalue weighted by Gasteiger charge is -2.33. The molecule has 2 aliphatic rings. The van der Waals surface area contributed by atoms with Gasteiger partial charge >= 0.3 is 0 Å². The summed E-state index contributed by atoms with van der Waals surface area (Å²) in [6.45, 7) is 1.38. The van der Waals surface area contributed by atoms with E-state index in [0.717, 1.165) is 19.3 Å².